The van der Waals surface area contributed by atoms with Gasteiger partial charge < -0.3 is 11.1 Å². The number of nitrogens with one attached hydrogen (secondary N) is 1. The number of amides is 1. The Morgan fingerprint density at radius 1 is 1.71 bits per heavy atom. The van der Waals surface area contributed by atoms with Crippen LogP contribution in [0.4, 0.5) is 5.69 Å². The second kappa shape index (κ2) is 5.51. The maximum atomic E-state index is 11.7. The zero-order valence-corrected chi connectivity index (χ0v) is 10.4. The first-order valence-electron chi connectivity index (χ1n) is 5.49. The third kappa shape index (κ3) is 3.33. The summed E-state index contributed by atoms with van der Waals surface area (Å²) >= 11 is 0. The van der Waals surface area contributed by atoms with Gasteiger partial charge in [0.15, 0.2) is 0 Å². The molecule has 92 valence electrons. The van der Waals surface area contributed by atoms with Crippen molar-refractivity contribution in [3.05, 3.63) is 11.9 Å². The van der Waals surface area contributed by atoms with Crippen molar-refractivity contribution >= 4 is 11.6 Å². The van der Waals surface area contributed by atoms with E-state index in [1.54, 1.807) is 10.9 Å². The monoisotopic (exact) mass is 234 g/mol. The molecule has 0 fully saturated rings. The quantitative estimate of drug-likeness (QED) is 0.758. The van der Waals surface area contributed by atoms with Crippen LogP contribution in [0.5, 0.6) is 0 Å². The van der Waals surface area contributed by atoms with E-state index in [9.17, 15) is 4.79 Å². The zero-order chi connectivity index (χ0) is 13.0. The Morgan fingerprint density at radius 2 is 2.35 bits per heavy atom. The van der Waals surface area contributed by atoms with E-state index in [1.165, 1.54) is 0 Å². The van der Waals surface area contributed by atoms with Gasteiger partial charge in [0.05, 0.1) is 17.4 Å². The highest BCUT2D eigenvalue weighted by molar-refractivity contribution is 5.95. The SMILES string of the molecule is C#CCC(N)C(=O)Nc1cn(C)nc1C(C)C. The van der Waals surface area contributed by atoms with Crippen molar-refractivity contribution in [1.29, 1.82) is 0 Å². The lowest BCUT2D eigenvalue weighted by Crippen LogP contribution is -2.35. The Bertz CT molecular complexity index is 442. The second-order valence-corrected chi connectivity index (χ2v) is 4.26. The number of terminal acetylenes is 1. The minimum atomic E-state index is -0.680. The van der Waals surface area contributed by atoms with E-state index in [0.717, 1.165) is 5.69 Å². The van der Waals surface area contributed by atoms with Crippen LogP contribution in [0, 0.1) is 12.3 Å². The number of anilines is 1. The highest BCUT2D eigenvalue weighted by Gasteiger charge is 2.17. The molecular formula is C12H18N4O. The molecule has 1 aromatic rings. The predicted octanol–water partition coefficient (Wildman–Crippen LogP) is 0.833. The lowest BCUT2D eigenvalue weighted by Gasteiger charge is -2.10. The molecule has 3 N–H and O–H groups in total. The molecule has 0 aliphatic carbocycles. The van der Waals surface area contributed by atoms with Crippen LogP contribution in [0.25, 0.3) is 0 Å². The smallest absolute Gasteiger partial charge is 0.242 e. The van der Waals surface area contributed by atoms with Gasteiger partial charge in [-0.25, -0.2) is 0 Å². The first-order chi connectivity index (χ1) is 7.95. The summed E-state index contributed by atoms with van der Waals surface area (Å²) in [5.74, 6) is 2.32. The normalized spacial score (nSPS) is 12.2. The molecule has 17 heavy (non-hydrogen) atoms. The molecule has 1 heterocycles. The number of nitrogens with two attached hydrogens (primary N) is 1. The number of hydrogen-bond donors (Lipinski definition) is 2. The van der Waals surface area contributed by atoms with Gasteiger partial charge in [0.1, 0.15) is 0 Å². The van der Waals surface area contributed by atoms with E-state index in [4.69, 9.17) is 12.2 Å². The molecule has 0 aliphatic heterocycles. The average molecular weight is 234 g/mol. The number of nitrogens with zero attached hydrogens (tertiary/aromatic N) is 2. The minimum Gasteiger partial charge on any atom is -0.322 e. The molecule has 1 aromatic heterocycles. The highest BCUT2D eigenvalue weighted by Crippen LogP contribution is 2.22. The first-order valence-corrected chi connectivity index (χ1v) is 5.49. The summed E-state index contributed by atoms with van der Waals surface area (Å²) in [5.41, 5.74) is 7.16. The maximum absolute atomic E-state index is 11.7. The van der Waals surface area contributed by atoms with Gasteiger partial charge in [0.2, 0.25) is 5.91 Å². The molecule has 0 aliphatic rings. The third-order valence-electron chi connectivity index (χ3n) is 2.34. The number of hydrogen-bond acceptors (Lipinski definition) is 3. The van der Waals surface area contributed by atoms with E-state index < -0.39 is 6.04 Å². The Kier molecular flexibility index (Phi) is 4.30. The molecule has 0 bridgehead atoms. The molecule has 5 heteroatoms. The summed E-state index contributed by atoms with van der Waals surface area (Å²) in [6.07, 6.45) is 7.10. The molecule has 0 radical (unpaired) electrons. The molecule has 0 spiro atoms. The number of aryl methyl sites for hydroxylation is 1. The Hall–Kier alpha value is -1.80. The molecule has 0 aromatic carbocycles. The average Bonchev–Trinajstić information content (AvgIpc) is 2.60. The van der Waals surface area contributed by atoms with Gasteiger partial charge in [0, 0.05) is 19.7 Å². The Labute approximate surface area is 101 Å². The Morgan fingerprint density at radius 3 is 2.88 bits per heavy atom. The van der Waals surface area contributed by atoms with Crippen molar-refractivity contribution in [2.24, 2.45) is 12.8 Å². The predicted molar refractivity (Wildman–Crippen MR) is 67.4 cm³/mol. The van der Waals surface area contributed by atoms with Crippen LogP contribution in [0.2, 0.25) is 0 Å². The van der Waals surface area contributed by atoms with E-state index in [-0.39, 0.29) is 18.2 Å². The molecular weight excluding hydrogens is 216 g/mol. The third-order valence-corrected chi connectivity index (χ3v) is 2.34. The first kappa shape index (κ1) is 13.3. The van der Waals surface area contributed by atoms with Crippen molar-refractivity contribution in [3.8, 4) is 12.3 Å². The number of aromatic nitrogens is 2. The lowest BCUT2D eigenvalue weighted by molar-refractivity contribution is -0.117. The van der Waals surface area contributed by atoms with Gasteiger partial charge in [-0.2, -0.15) is 5.10 Å². The molecule has 1 unspecified atom stereocenters. The van der Waals surface area contributed by atoms with Gasteiger partial charge in [-0.05, 0) is 5.92 Å². The fraction of sp³-hybridized carbons (Fsp3) is 0.500. The maximum Gasteiger partial charge on any atom is 0.242 e. The van der Waals surface area contributed by atoms with Gasteiger partial charge in [-0.15, -0.1) is 12.3 Å². The minimum absolute atomic E-state index is 0.225. The summed E-state index contributed by atoms with van der Waals surface area (Å²) in [7, 11) is 1.81. The van der Waals surface area contributed by atoms with E-state index in [1.807, 2.05) is 20.9 Å². The molecule has 5 nitrogen and oxygen atoms in total. The molecule has 1 rings (SSSR count). The molecule has 1 amide bonds. The van der Waals surface area contributed by atoms with E-state index in [2.05, 4.69) is 16.3 Å². The van der Waals surface area contributed by atoms with Gasteiger partial charge in [-0.1, -0.05) is 13.8 Å². The highest BCUT2D eigenvalue weighted by atomic mass is 16.2. The molecule has 0 saturated heterocycles. The summed E-state index contributed by atoms with van der Waals surface area (Å²) in [4.78, 5) is 11.7. The summed E-state index contributed by atoms with van der Waals surface area (Å²) in [5, 5.41) is 7.04. The van der Waals surface area contributed by atoms with E-state index in [0.29, 0.717) is 5.69 Å². The van der Waals surface area contributed by atoms with Gasteiger partial charge in [0.25, 0.3) is 0 Å². The van der Waals surface area contributed by atoms with Gasteiger partial charge >= 0.3 is 0 Å². The van der Waals surface area contributed by atoms with Crippen molar-refractivity contribution in [1.82, 2.24) is 9.78 Å². The molecule has 0 saturated carbocycles. The Balaban J connectivity index is 2.81. The fourth-order valence-electron chi connectivity index (χ4n) is 1.47. The number of carbonyl (C=O) groups excluding carboxylic acids is 1. The van der Waals surface area contributed by atoms with Crippen LogP contribution in [0.15, 0.2) is 6.20 Å². The summed E-state index contributed by atoms with van der Waals surface area (Å²) in [6.45, 7) is 4.03. The van der Waals surface area contributed by atoms with Crippen molar-refractivity contribution in [2.45, 2.75) is 32.2 Å². The van der Waals surface area contributed by atoms with Gasteiger partial charge in [-0.3, -0.25) is 9.48 Å². The van der Waals surface area contributed by atoms with Crippen LogP contribution >= 0.6 is 0 Å². The standard InChI is InChI=1S/C12H18N4O/c1-5-6-9(13)12(17)14-10-7-16(4)15-11(10)8(2)3/h1,7-9H,6,13H2,2-4H3,(H,14,17). The van der Waals surface area contributed by atoms with Crippen LogP contribution in [0.3, 0.4) is 0 Å². The largest absolute Gasteiger partial charge is 0.322 e. The number of rotatable bonds is 4. The van der Waals surface area contributed by atoms with Crippen LogP contribution in [-0.4, -0.2) is 21.7 Å². The summed E-state index contributed by atoms with van der Waals surface area (Å²) in [6, 6.07) is -0.680. The lowest BCUT2D eigenvalue weighted by atomic mass is 10.1. The van der Waals surface area contributed by atoms with Crippen molar-refractivity contribution in [2.75, 3.05) is 5.32 Å². The van der Waals surface area contributed by atoms with Crippen LogP contribution in [0.1, 0.15) is 31.9 Å². The second-order valence-electron chi connectivity index (χ2n) is 4.26. The van der Waals surface area contributed by atoms with Crippen LogP contribution in [-0.2, 0) is 11.8 Å². The van der Waals surface area contributed by atoms with Crippen molar-refractivity contribution < 1.29 is 4.79 Å². The van der Waals surface area contributed by atoms with E-state index >= 15 is 0 Å². The fourth-order valence-corrected chi connectivity index (χ4v) is 1.47. The topological polar surface area (TPSA) is 72.9 Å². The molecule has 1 atom stereocenters. The number of carbonyl (C=O) groups is 1. The summed E-state index contributed by atoms with van der Waals surface area (Å²) < 4.78 is 1.66. The zero-order valence-electron chi connectivity index (χ0n) is 10.4. The van der Waals surface area contributed by atoms with Crippen molar-refractivity contribution in [3.63, 3.8) is 0 Å². The van der Waals surface area contributed by atoms with Crippen LogP contribution < -0.4 is 11.1 Å².